The first-order valence-corrected chi connectivity index (χ1v) is 17.6. The predicted octanol–water partition coefficient (Wildman–Crippen LogP) is 8.77. The molecular weight excluding hydrogens is 628 g/mol. The van der Waals surface area contributed by atoms with Gasteiger partial charge in [0, 0.05) is 28.7 Å². The van der Waals surface area contributed by atoms with Gasteiger partial charge < -0.3 is 15.1 Å². The molecule has 1 aromatic heterocycles. The molecule has 8 heteroatoms. The molecule has 2 heterocycles. The lowest BCUT2D eigenvalue weighted by molar-refractivity contribution is 0.0654. The molecule has 1 aliphatic carbocycles. The molecular formula is C37H49BrN4O3. The largest absolute Gasteiger partial charge is 0.506 e. The fraction of sp³-hybridized carbons (Fsp3) is 0.541. The number of nitrogens with zero attached hydrogens (tertiary/aromatic N) is 4. The summed E-state index contributed by atoms with van der Waals surface area (Å²) in [5.74, 6) is 1.36. The molecule has 0 spiro atoms. The number of phenols is 1. The molecule has 1 aliphatic heterocycles. The SMILES string of the molecule is CCC(C)CCc1nn(-c2ccc(C3CCC3)cc2O)c2c1C(CC)N(C(=O)c1ccc(Br)c(C)c1N=C(CO)C(C)C)CC2. The van der Waals surface area contributed by atoms with E-state index in [1.165, 1.54) is 24.8 Å². The highest BCUT2D eigenvalue weighted by Crippen LogP contribution is 2.42. The maximum atomic E-state index is 14.5. The Bertz CT molecular complexity index is 1570. The van der Waals surface area contributed by atoms with Crippen molar-refractivity contribution in [3.05, 3.63) is 68.4 Å². The van der Waals surface area contributed by atoms with E-state index >= 15 is 0 Å². The number of rotatable bonds is 11. The average molecular weight is 678 g/mol. The Kier molecular flexibility index (Phi) is 10.5. The van der Waals surface area contributed by atoms with Gasteiger partial charge in [-0.1, -0.05) is 69.5 Å². The minimum atomic E-state index is -0.158. The topological polar surface area (TPSA) is 91.0 Å². The van der Waals surface area contributed by atoms with Crippen LogP contribution in [0.3, 0.4) is 0 Å². The van der Waals surface area contributed by atoms with Gasteiger partial charge in [-0.3, -0.25) is 9.79 Å². The molecule has 1 amide bonds. The smallest absolute Gasteiger partial charge is 0.256 e. The van der Waals surface area contributed by atoms with Crippen LogP contribution in [0.4, 0.5) is 5.69 Å². The molecule has 2 atom stereocenters. The summed E-state index contributed by atoms with van der Waals surface area (Å²) in [5.41, 5.74) is 7.82. The van der Waals surface area contributed by atoms with Crippen LogP contribution in [0.2, 0.25) is 0 Å². The fourth-order valence-corrected chi connectivity index (χ4v) is 6.99. The van der Waals surface area contributed by atoms with Gasteiger partial charge in [-0.05, 0) is 92.2 Å². The van der Waals surface area contributed by atoms with Crippen molar-refractivity contribution < 1.29 is 15.0 Å². The van der Waals surface area contributed by atoms with Crippen molar-refractivity contribution >= 4 is 33.2 Å². The van der Waals surface area contributed by atoms with Crippen LogP contribution in [-0.2, 0) is 12.8 Å². The summed E-state index contributed by atoms with van der Waals surface area (Å²) in [5, 5.41) is 26.5. The fourth-order valence-electron chi connectivity index (χ4n) is 6.67. The third-order valence-electron chi connectivity index (χ3n) is 10.1. The van der Waals surface area contributed by atoms with Crippen LogP contribution in [0.5, 0.6) is 5.75 Å². The zero-order chi connectivity index (χ0) is 32.4. The van der Waals surface area contributed by atoms with Crippen LogP contribution in [-0.4, -0.2) is 49.7 Å². The first kappa shape index (κ1) is 33.4. The van der Waals surface area contributed by atoms with Gasteiger partial charge in [0.25, 0.3) is 5.91 Å². The van der Waals surface area contributed by atoms with Crippen molar-refractivity contribution in [3.63, 3.8) is 0 Å². The van der Waals surface area contributed by atoms with Crippen LogP contribution >= 0.6 is 15.9 Å². The number of aryl methyl sites for hydroxylation is 1. The zero-order valence-electron chi connectivity index (χ0n) is 27.7. The van der Waals surface area contributed by atoms with Gasteiger partial charge in [0.05, 0.1) is 35.3 Å². The van der Waals surface area contributed by atoms with Gasteiger partial charge in [-0.2, -0.15) is 5.10 Å². The van der Waals surface area contributed by atoms with Crippen LogP contribution in [0.1, 0.15) is 124 Å². The van der Waals surface area contributed by atoms with E-state index in [0.29, 0.717) is 47.5 Å². The molecule has 5 rings (SSSR count). The maximum Gasteiger partial charge on any atom is 0.256 e. The number of halogens is 1. The van der Waals surface area contributed by atoms with Crippen LogP contribution in [0.25, 0.3) is 5.69 Å². The van der Waals surface area contributed by atoms with E-state index in [2.05, 4.69) is 42.8 Å². The van der Waals surface area contributed by atoms with E-state index in [-0.39, 0.29) is 30.2 Å². The highest BCUT2D eigenvalue weighted by molar-refractivity contribution is 9.10. The molecule has 2 aliphatic rings. The number of aliphatic hydroxyl groups excluding tert-OH is 1. The molecule has 1 fully saturated rings. The summed E-state index contributed by atoms with van der Waals surface area (Å²) >= 11 is 3.63. The summed E-state index contributed by atoms with van der Waals surface area (Å²) in [6.07, 6.45) is 7.94. The minimum absolute atomic E-state index is 0.0513. The Balaban J connectivity index is 1.58. The first-order valence-electron chi connectivity index (χ1n) is 16.8. The van der Waals surface area contributed by atoms with Gasteiger partial charge in [0.2, 0.25) is 0 Å². The average Bonchev–Trinajstić information content (AvgIpc) is 3.37. The van der Waals surface area contributed by atoms with Crippen molar-refractivity contribution in [1.29, 1.82) is 0 Å². The van der Waals surface area contributed by atoms with Gasteiger partial charge in [-0.15, -0.1) is 0 Å². The summed E-state index contributed by atoms with van der Waals surface area (Å²) in [6.45, 7) is 13.0. The van der Waals surface area contributed by atoms with Crippen molar-refractivity contribution in [2.75, 3.05) is 13.2 Å². The number of hydrogen-bond acceptors (Lipinski definition) is 5. The highest BCUT2D eigenvalue weighted by Gasteiger charge is 2.37. The van der Waals surface area contributed by atoms with Crippen LogP contribution in [0.15, 0.2) is 39.8 Å². The molecule has 242 valence electrons. The standard InChI is InChI=1S/C37H49BrN4O3/c1-7-23(5)12-16-29-35-31(8-2)41(37(45)27-14-15-28(38)24(6)36(27)39-30(21-43)22(3)4)19-18-33(35)42(40-29)32-17-13-26(20-34(32)44)25-10-9-11-25/h13-15,17,20,22-23,25,31,43-44H,7-12,16,18-19,21H2,1-6H3. The second kappa shape index (κ2) is 14.2. The number of hydrogen-bond donors (Lipinski definition) is 2. The highest BCUT2D eigenvalue weighted by atomic mass is 79.9. The lowest BCUT2D eigenvalue weighted by atomic mass is 9.80. The van der Waals surface area contributed by atoms with E-state index in [0.717, 1.165) is 52.7 Å². The monoisotopic (exact) mass is 676 g/mol. The number of aromatic hydroxyl groups is 1. The Morgan fingerprint density at radius 3 is 2.51 bits per heavy atom. The molecule has 7 nitrogen and oxygen atoms in total. The quantitative estimate of drug-likeness (QED) is 0.199. The summed E-state index contributed by atoms with van der Waals surface area (Å²) < 4.78 is 2.84. The van der Waals surface area contributed by atoms with Crippen molar-refractivity contribution in [3.8, 4) is 11.4 Å². The van der Waals surface area contributed by atoms with E-state index in [1.807, 2.05) is 54.6 Å². The summed E-state index contributed by atoms with van der Waals surface area (Å²) in [6, 6.07) is 9.72. The maximum absolute atomic E-state index is 14.5. The van der Waals surface area contributed by atoms with Crippen molar-refractivity contribution in [1.82, 2.24) is 14.7 Å². The van der Waals surface area contributed by atoms with E-state index in [9.17, 15) is 15.0 Å². The molecule has 0 saturated heterocycles. The van der Waals surface area contributed by atoms with Crippen molar-refractivity contribution in [2.24, 2.45) is 16.8 Å². The number of carbonyl (C=O) groups is 1. The Morgan fingerprint density at radius 1 is 1.16 bits per heavy atom. The van der Waals surface area contributed by atoms with E-state index in [4.69, 9.17) is 10.1 Å². The Labute approximate surface area is 276 Å². The molecule has 0 bridgehead atoms. The second-order valence-electron chi connectivity index (χ2n) is 13.3. The number of phenolic OH excluding ortho intramolecular Hbond substituents is 1. The molecule has 3 aromatic rings. The number of amides is 1. The summed E-state index contributed by atoms with van der Waals surface area (Å²) in [7, 11) is 0. The van der Waals surface area contributed by atoms with Gasteiger partial charge in [0.15, 0.2) is 0 Å². The first-order chi connectivity index (χ1) is 21.6. The zero-order valence-corrected chi connectivity index (χ0v) is 29.3. The number of aliphatic hydroxyl groups is 1. The van der Waals surface area contributed by atoms with E-state index in [1.54, 1.807) is 0 Å². The Hall–Kier alpha value is -2.97. The molecule has 45 heavy (non-hydrogen) atoms. The van der Waals surface area contributed by atoms with Crippen LogP contribution in [0, 0.1) is 18.8 Å². The van der Waals surface area contributed by atoms with Crippen molar-refractivity contribution in [2.45, 2.75) is 105 Å². The number of benzene rings is 2. The second-order valence-corrected chi connectivity index (χ2v) is 14.2. The number of carbonyl (C=O) groups excluding carboxylic acids is 1. The van der Waals surface area contributed by atoms with Gasteiger partial charge in [-0.25, -0.2) is 4.68 Å². The van der Waals surface area contributed by atoms with Crippen LogP contribution < -0.4 is 0 Å². The lowest BCUT2D eigenvalue weighted by Crippen LogP contribution is -2.40. The molecule has 2 aromatic carbocycles. The van der Waals surface area contributed by atoms with Gasteiger partial charge in [0.1, 0.15) is 11.4 Å². The minimum Gasteiger partial charge on any atom is -0.506 e. The molecule has 1 saturated carbocycles. The summed E-state index contributed by atoms with van der Waals surface area (Å²) in [4.78, 5) is 21.4. The molecule has 2 unspecified atom stereocenters. The normalized spacial score (nSPS) is 17.8. The third kappa shape index (κ3) is 6.64. The van der Waals surface area contributed by atoms with E-state index < -0.39 is 0 Å². The van der Waals surface area contributed by atoms with Gasteiger partial charge >= 0.3 is 0 Å². The number of aliphatic imine (C=N–C) groups is 1. The third-order valence-corrected chi connectivity index (χ3v) is 11.0. The lowest BCUT2D eigenvalue weighted by Gasteiger charge is -2.36. The number of aromatic nitrogens is 2. The Morgan fingerprint density at radius 2 is 1.91 bits per heavy atom. The predicted molar refractivity (Wildman–Crippen MR) is 185 cm³/mol. The molecule has 2 N–H and O–H groups in total. The number of fused-ring (bicyclic) bond motifs is 1. The molecule has 0 radical (unpaired) electrons.